The summed E-state index contributed by atoms with van der Waals surface area (Å²) in [4.78, 5) is 16.4. The fourth-order valence-corrected chi connectivity index (χ4v) is 1.62. The highest BCUT2D eigenvalue weighted by molar-refractivity contribution is 6.29. The van der Waals surface area contributed by atoms with Crippen LogP contribution in [0, 0.1) is 0 Å². The summed E-state index contributed by atoms with van der Waals surface area (Å²) in [5.74, 6) is -0.288. The molecule has 1 N–H and O–H groups in total. The molecule has 0 bridgehead atoms. The van der Waals surface area contributed by atoms with E-state index in [1.165, 1.54) is 0 Å². The Hall–Kier alpha value is -1.55. The molecule has 1 atom stereocenters. The number of amides is 1. The van der Waals surface area contributed by atoms with Gasteiger partial charge in [-0.2, -0.15) is 0 Å². The number of nitrogens with one attached hydrogen (secondary N) is 1. The van der Waals surface area contributed by atoms with Crippen molar-refractivity contribution in [2.75, 3.05) is 11.2 Å². The number of nitrogens with zero attached hydrogens (tertiary/aromatic N) is 1. The lowest BCUT2D eigenvalue weighted by atomic mass is 10.1. The topological polar surface area (TPSA) is 50.7 Å². The molecule has 0 fully saturated rings. The van der Waals surface area contributed by atoms with Crippen molar-refractivity contribution >= 4 is 29.4 Å². The predicted octanol–water partition coefficient (Wildman–Crippen LogP) is 2.31. The van der Waals surface area contributed by atoms with E-state index in [0.29, 0.717) is 6.42 Å². The number of hydrogen-bond acceptors (Lipinski definition) is 3. The maximum absolute atomic E-state index is 11.2. The molecule has 1 amide bonds. The Bertz CT molecular complexity index is 412. The van der Waals surface area contributed by atoms with Gasteiger partial charge in [0.1, 0.15) is 5.88 Å². The lowest BCUT2D eigenvalue weighted by Crippen LogP contribution is -2.15. The van der Waals surface area contributed by atoms with Gasteiger partial charge in [0.2, 0.25) is 5.91 Å². The zero-order valence-electron chi connectivity index (χ0n) is 8.52. The maximum Gasteiger partial charge on any atom is 0.239 e. The second kappa shape index (κ2) is 4.99. The highest BCUT2D eigenvalue weighted by atomic mass is 35.5. The molecule has 0 radical (unpaired) electrons. The van der Waals surface area contributed by atoms with Gasteiger partial charge in [-0.05, 0) is 6.07 Å². The zero-order chi connectivity index (χ0) is 11.4. The summed E-state index contributed by atoms with van der Waals surface area (Å²) < 4.78 is 0. The van der Waals surface area contributed by atoms with Gasteiger partial charge in [-0.15, -0.1) is 11.6 Å². The van der Waals surface area contributed by atoms with E-state index in [2.05, 4.69) is 10.5 Å². The average Bonchev–Trinajstić information content (AvgIpc) is 2.83. The van der Waals surface area contributed by atoms with Crippen LogP contribution in [0.3, 0.4) is 0 Å². The van der Waals surface area contributed by atoms with E-state index in [9.17, 15) is 4.79 Å². The Labute approximate surface area is 98.2 Å². The number of anilines is 1. The standard InChI is InChI=1S/C11H11ClN2O2/c12-7-11(15)14-9-4-2-1-3-8(9)10-5-6-13-16-10/h1-4,6,10H,5,7H2,(H,14,15). The molecule has 5 heteroatoms. The summed E-state index contributed by atoms with van der Waals surface area (Å²) >= 11 is 5.45. The van der Waals surface area contributed by atoms with Crippen LogP contribution >= 0.6 is 11.6 Å². The number of para-hydroxylation sites is 1. The molecule has 0 saturated heterocycles. The normalized spacial score (nSPS) is 18.2. The van der Waals surface area contributed by atoms with Crippen molar-refractivity contribution in [3.63, 3.8) is 0 Å². The number of rotatable bonds is 3. The molecule has 0 aliphatic carbocycles. The quantitative estimate of drug-likeness (QED) is 0.822. The van der Waals surface area contributed by atoms with Gasteiger partial charge in [0.25, 0.3) is 0 Å². The maximum atomic E-state index is 11.2. The number of carbonyl (C=O) groups excluding carboxylic acids is 1. The Morgan fingerprint density at radius 3 is 3.06 bits per heavy atom. The van der Waals surface area contributed by atoms with E-state index in [1.54, 1.807) is 6.21 Å². The van der Waals surface area contributed by atoms with Crippen molar-refractivity contribution in [1.29, 1.82) is 0 Å². The first kappa shape index (κ1) is 11.0. The minimum absolute atomic E-state index is 0.0592. The second-order valence-corrected chi connectivity index (χ2v) is 3.65. The fourth-order valence-electron chi connectivity index (χ4n) is 1.56. The molecule has 2 rings (SSSR count). The third kappa shape index (κ3) is 2.33. The Kier molecular flexibility index (Phi) is 3.41. The molecule has 1 aliphatic rings. The summed E-state index contributed by atoms with van der Waals surface area (Å²) in [6.45, 7) is 0. The molecule has 0 spiro atoms. The van der Waals surface area contributed by atoms with Crippen molar-refractivity contribution in [3.8, 4) is 0 Å². The number of hydrogen-bond donors (Lipinski definition) is 1. The van der Waals surface area contributed by atoms with Crippen LogP contribution in [-0.2, 0) is 9.63 Å². The molecule has 0 saturated carbocycles. The van der Waals surface area contributed by atoms with Crippen molar-refractivity contribution in [2.45, 2.75) is 12.5 Å². The van der Waals surface area contributed by atoms with Gasteiger partial charge in [0.15, 0.2) is 6.10 Å². The SMILES string of the molecule is O=C(CCl)Nc1ccccc1C1CC=NO1. The van der Waals surface area contributed by atoms with E-state index >= 15 is 0 Å². The third-order valence-corrected chi connectivity index (χ3v) is 2.53. The smallest absolute Gasteiger partial charge is 0.239 e. The van der Waals surface area contributed by atoms with E-state index < -0.39 is 0 Å². The van der Waals surface area contributed by atoms with Crippen LogP contribution in [0.15, 0.2) is 29.4 Å². The van der Waals surface area contributed by atoms with Crippen LogP contribution in [0.4, 0.5) is 5.69 Å². The molecular formula is C11H11ClN2O2. The molecule has 1 aromatic rings. The summed E-state index contributed by atoms with van der Waals surface area (Å²) in [7, 11) is 0. The lowest BCUT2D eigenvalue weighted by Gasteiger charge is -2.14. The second-order valence-electron chi connectivity index (χ2n) is 3.39. The number of alkyl halides is 1. The summed E-state index contributed by atoms with van der Waals surface area (Å²) in [6, 6.07) is 7.47. The first-order valence-electron chi connectivity index (χ1n) is 4.93. The van der Waals surface area contributed by atoms with Crippen LogP contribution in [-0.4, -0.2) is 18.0 Å². The molecule has 84 valence electrons. The molecule has 1 unspecified atom stereocenters. The summed E-state index contributed by atoms with van der Waals surface area (Å²) in [5.41, 5.74) is 1.64. The van der Waals surface area contributed by atoms with Gasteiger partial charge in [-0.25, -0.2) is 0 Å². The minimum Gasteiger partial charge on any atom is -0.387 e. The molecule has 16 heavy (non-hydrogen) atoms. The van der Waals surface area contributed by atoms with Crippen LogP contribution in [0.25, 0.3) is 0 Å². The number of carbonyl (C=O) groups is 1. The van der Waals surface area contributed by atoms with Crippen molar-refractivity contribution < 1.29 is 9.63 Å². The van der Waals surface area contributed by atoms with Crippen LogP contribution < -0.4 is 5.32 Å². The van der Waals surface area contributed by atoms with Crippen LogP contribution in [0.1, 0.15) is 18.1 Å². The van der Waals surface area contributed by atoms with Gasteiger partial charge in [-0.1, -0.05) is 23.4 Å². The van der Waals surface area contributed by atoms with E-state index in [-0.39, 0.29) is 17.9 Å². The first-order chi connectivity index (χ1) is 7.81. The van der Waals surface area contributed by atoms with E-state index in [4.69, 9.17) is 16.4 Å². The summed E-state index contributed by atoms with van der Waals surface area (Å²) in [6.07, 6.45) is 2.31. The number of benzene rings is 1. The fraction of sp³-hybridized carbons (Fsp3) is 0.273. The largest absolute Gasteiger partial charge is 0.387 e. The van der Waals surface area contributed by atoms with Crippen LogP contribution in [0.2, 0.25) is 0 Å². The average molecular weight is 239 g/mol. The molecule has 4 nitrogen and oxygen atoms in total. The number of oxime groups is 1. The van der Waals surface area contributed by atoms with Crippen molar-refractivity contribution in [2.24, 2.45) is 5.16 Å². The molecular weight excluding hydrogens is 228 g/mol. The Morgan fingerprint density at radius 1 is 1.56 bits per heavy atom. The Morgan fingerprint density at radius 2 is 2.38 bits per heavy atom. The highest BCUT2D eigenvalue weighted by Crippen LogP contribution is 2.30. The van der Waals surface area contributed by atoms with Gasteiger partial charge in [-0.3, -0.25) is 4.79 Å². The third-order valence-electron chi connectivity index (χ3n) is 2.29. The van der Waals surface area contributed by atoms with Gasteiger partial charge >= 0.3 is 0 Å². The Balaban J connectivity index is 2.20. The van der Waals surface area contributed by atoms with E-state index in [0.717, 1.165) is 11.3 Å². The highest BCUT2D eigenvalue weighted by Gasteiger charge is 2.19. The zero-order valence-corrected chi connectivity index (χ0v) is 9.28. The van der Waals surface area contributed by atoms with Crippen LogP contribution in [0.5, 0.6) is 0 Å². The lowest BCUT2D eigenvalue weighted by molar-refractivity contribution is -0.113. The van der Waals surface area contributed by atoms with Gasteiger partial charge in [0, 0.05) is 23.9 Å². The monoisotopic (exact) mass is 238 g/mol. The van der Waals surface area contributed by atoms with Crippen molar-refractivity contribution in [3.05, 3.63) is 29.8 Å². The van der Waals surface area contributed by atoms with E-state index in [1.807, 2.05) is 24.3 Å². The molecule has 1 aromatic carbocycles. The summed E-state index contributed by atoms with van der Waals surface area (Å²) in [5, 5.41) is 6.45. The molecule has 1 aliphatic heterocycles. The molecule has 0 aromatic heterocycles. The number of halogens is 1. The minimum atomic E-state index is -0.229. The van der Waals surface area contributed by atoms with Crippen molar-refractivity contribution in [1.82, 2.24) is 0 Å². The predicted molar refractivity (Wildman–Crippen MR) is 62.7 cm³/mol. The first-order valence-corrected chi connectivity index (χ1v) is 5.47. The van der Waals surface area contributed by atoms with Gasteiger partial charge in [0.05, 0.1) is 0 Å². The van der Waals surface area contributed by atoms with Gasteiger partial charge < -0.3 is 10.2 Å². The molecule has 1 heterocycles.